The third-order valence-electron chi connectivity index (χ3n) is 3.06. The van der Waals surface area contributed by atoms with Gasteiger partial charge in [-0.05, 0) is 25.1 Å². The number of halogens is 1. The van der Waals surface area contributed by atoms with Gasteiger partial charge in [-0.2, -0.15) is 0 Å². The van der Waals surface area contributed by atoms with Crippen molar-refractivity contribution in [3.63, 3.8) is 0 Å². The molecular weight excluding hydrogens is 246 g/mol. The highest BCUT2D eigenvalue weighted by Gasteiger charge is 2.11. The first-order chi connectivity index (χ1) is 8.63. The molecule has 0 aliphatic carbocycles. The lowest BCUT2D eigenvalue weighted by Crippen LogP contribution is -2.17. The van der Waals surface area contributed by atoms with Crippen LogP contribution >= 0.6 is 11.6 Å². The van der Waals surface area contributed by atoms with Crippen molar-refractivity contribution in [3.8, 4) is 11.4 Å². The molecule has 0 spiro atoms. The maximum absolute atomic E-state index is 6.35. The molecule has 1 N–H and O–H groups in total. The summed E-state index contributed by atoms with van der Waals surface area (Å²) in [5.74, 6) is 0.930. The van der Waals surface area contributed by atoms with Crippen molar-refractivity contribution in [1.82, 2.24) is 14.9 Å². The average molecular weight is 264 g/mol. The van der Waals surface area contributed by atoms with Gasteiger partial charge in [0.2, 0.25) is 0 Å². The Hall–Kier alpha value is -1.32. The number of benzene rings is 1. The van der Waals surface area contributed by atoms with E-state index in [4.69, 9.17) is 11.6 Å². The van der Waals surface area contributed by atoms with E-state index in [1.807, 2.05) is 23.9 Å². The van der Waals surface area contributed by atoms with Crippen molar-refractivity contribution in [3.05, 3.63) is 41.2 Å². The lowest BCUT2D eigenvalue weighted by atomic mass is 10.1. The first-order valence-corrected chi connectivity index (χ1v) is 6.51. The molecule has 2 aromatic rings. The van der Waals surface area contributed by atoms with E-state index in [0.29, 0.717) is 0 Å². The Morgan fingerprint density at radius 3 is 2.78 bits per heavy atom. The molecule has 1 unspecified atom stereocenters. The third kappa shape index (κ3) is 2.57. The normalized spacial score (nSPS) is 12.7. The molecule has 96 valence electrons. The van der Waals surface area contributed by atoms with Gasteiger partial charge in [0, 0.05) is 36.1 Å². The Morgan fingerprint density at radius 2 is 2.22 bits per heavy atom. The largest absolute Gasteiger partial charge is 0.334 e. The van der Waals surface area contributed by atoms with Gasteiger partial charge in [0.15, 0.2) is 0 Å². The second kappa shape index (κ2) is 5.55. The first kappa shape index (κ1) is 13.1. The predicted octanol–water partition coefficient (Wildman–Crippen LogP) is 3.41. The summed E-state index contributed by atoms with van der Waals surface area (Å²) in [6.45, 7) is 5.14. The van der Waals surface area contributed by atoms with Crippen molar-refractivity contribution in [1.29, 1.82) is 0 Å². The Balaban J connectivity index is 2.33. The Labute approximate surface area is 113 Å². The fraction of sp³-hybridized carbons (Fsp3) is 0.357. The van der Waals surface area contributed by atoms with Crippen molar-refractivity contribution >= 4 is 11.6 Å². The highest BCUT2D eigenvalue weighted by atomic mass is 35.5. The van der Waals surface area contributed by atoms with Crippen molar-refractivity contribution in [2.75, 3.05) is 6.54 Å². The van der Waals surface area contributed by atoms with Crippen LogP contribution in [0.4, 0.5) is 0 Å². The number of rotatable bonds is 4. The quantitative estimate of drug-likeness (QED) is 0.916. The van der Waals surface area contributed by atoms with Gasteiger partial charge >= 0.3 is 0 Å². The minimum absolute atomic E-state index is 0.262. The lowest BCUT2D eigenvalue weighted by molar-refractivity contribution is 0.598. The van der Waals surface area contributed by atoms with Crippen LogP contribution in [0.15, 0.2) is 30.6 Å². The Bertz CT molecular complexity index is 534. The summed E-state index contributed by atoms with van der Waals surface area (Å²) < 4.78 is 1.99. The summed E-state index contributed by atoms with van der Waals surface area (Å²) >= 11 is 6.35. The van der Waals surface area contributed by atoms with E-state index in [1.54, 1.807) is 6.20 Å². The minimum Gasteiger partial charge on any atom is -0.334 e. The minimum atomic E-state index is 0.262. The van der Waals surface area contributed by atoms with Crippen LogP contribution in [0.2, 0.25) is 5.02 Å². The van der Waals surface area contributed by atoms with Crippen molar-refractivity contribution in [2.45, 2.75) is 19.9 Å². The van der Waals surface area contributed by atoms with Crippen LogP contribution < -0.4 is 5.32 Å². The van der Waals surface area contributed by atoms with Crippen LogP contribution in [0.3, 0.4) is 0 Å². The van der Waals surface area contributed by atoms with Gasteiger partial charge < -0.3 is 9.88 Å². The molecule has 1 aromatic carbocycles. The van der Waals surface area contributed by atoms with Crippen molar-refractivity contribution < 1.29 is 0 Å². The van der Waals surface area contributed by atoms with Gasteiger partial charge in [0.25, 0.3) is 0 Å². The van der Waals surface area contributed by atoms with Gasteiger partial charge in [-0.3, -0.25) is 0 Å². The number of hydrogen-bond donors (Lipinski definition) is 1. The number of nitrogens with one attached hydrogen (secondary N) is 1. The van der Waals surface area contributed by atoms with Crippen LogP contribution in [0.25, 0.3) is 11.4 Å². The molecule has 0 amide bonds. The van der Waals surface area contributed by atoms with Crippen molar-refractivity contribution in [2.24, 2.45) is 7.05 Å². The topological polar surface area (TPSA) is 29.9 Å². The molecule has 1 atom stereocenters. The molecule has 0 bridgehead atoms. The molecular formula is C14H18ClN3. The lowest BCUT2D eigenvalue weighted by Gasteiger charge is -2.15. The molecule has 18 heavy (non-hydrogen) atoms. The molecule has 0 saturated heterocycles. The summed E-state index contributed by atoms with van der Waals surface area (Å²) in [5.41, 5.74) is 2.16. The molecule has 4 heteroatoms. The van der Waals surface area contributed by atoms with Crippen LogP contribution in [-0.4, -0.2) is 16.1 Å². The molecule has 1 aromatic heterocycles. The summed E-state index contributed by atoms with van der Waals surface area (Å²) in [7, 11) is 1.98. The van der Waals surface area contributed by atoms with Crippen LogP contribution in [0.1, 0.15) is 25.5 Å². The van der Waals surface area contributed by atoms with E-state index < -0.39 is 0 Å². The average Bonchev–Trinajstić information content (AvgIpc) is 2.75. The molecule has 0 aliphatic heterocycles. The second-order valence-corrected chi connectivity index (χ2v) is 4.78. The van der Waals surface area contributed by atoms with E-state index in [0.717, 1.165) is 28.5 Å². The fourth-order valence-corrected chi connectivity index (χ4v) is 2.42. The number of aryl methyl sites for hydroxylation is 1. The van der Waals surface area contributed by atoms with Gasteiger partial charge in [0.05, 0.1) is 0 Å². The van der Waals surface area contributed by atoms with E-state index in [-0.39, 0.29) is 6.04 Å². The summed E-state index contributed by atoms with van der Waals surface area (Å²) in [6, 6.07) is 6.38. The number of nitrogens with zero attached hydrogens (tertiary/aromatic N) is 2. The zero-order valence-electron chi connectivity index (χ0n) is 10.9. The number of hydrogen-bond acceptors (Lipinski definition) is 2. The molecule has 0 saturated carbocycles. The van der Waals surface area contributed by atoms with E-state index in [9.17, 15) is 0 Å². The van der Waals surface area contributed by atoms with Gasteiger partial charge in [0.1, 0.15) is 5.82 Å². The van der Waals surface area contributed by atoms with Gasteiger partial charge in [-0.1, -0.05) is 30.7 Å². The fourth-order valence-electron chi connectivity index (χ4n) is 2.08. The maximum atomic E-state index is 6.35. The predicted molar refractivity (Wildman–Crippen MR) is 75.7 cm³/mol. The Kier molecular flexibility index (Phi) is 4.04. The summed E-state index contributed by atoms with van der Waals surface area (Å²) in [4.78, 5) is 4.33. The standard InChI is InChI=1S/C14H18ClN3/c1-4-16-10(2)12-6-5-11(9-13(12)15)14-17-7-8-18(14)3/h5-10,16H,4H2,1-3H3. The molecule has 1 heterocycles. The number of aromatic nitrogens is 2. The zero-order valence-corrected chi connectivity index (χ0v) is 11.7. The number of imidazole rings is 1. The van der Waals surface area contributed by atoms with E-state index >= 15 is 0 Å². The SMILES string of the molecule is CCNC(C)c1ccc(-c2nccn2C)cc1Cl. The maximum Gasteiger partial charge on any atom is 0.139 e. The monoisotopic (exact) mass is 263 g/mol. The highest BCUT2D eigenvalue weighted by Crippen LogP contribution is 2.28. The molecule has 0 fully saturated rings. The van der Waals surface area contributed by atoms with Crippen LogP contribution in [0.5, 0.6) is 0 Å². The first-order valence-electron chi connectivity index (χ1n) is 6.14. The summed E-state index contributed by atoms with van der Waals surface area (Å²) in [5, 5.41) is 4.14. The molecule has 0 radical (unpaired) electrons. The van der Waals surface area contributed by atoms with Gasteiger partial charge in [-0.15, -0.1) is 0 Å². The second-order valence-electron chi connectivity index (χ2n) is 4.38. The highest BCUT2D eigenvalue weighted by molar-refractivity contribution is 6.31. The molecule has 0 aliphatic rings. The summed E-state index contributed by atoms with van der Waals surface area (Å²) in [6.07, 6.45) is 3.72. The molecule has 2 rings (SSSR count). The van der Waals surface area contributed by atoms with Crippen LogP contribution in [-0.2, 0) is 7.05 Å². The smallest absolute Gasteiger partial charge is 0.139 e. The zero-order chi connectivity index (χ0) is 13.1. The molecule has 3 nitrogen and oxygen atoms in total. The van der Waals surface area contributed by atoms with Crippen LogP contribution in [0, 0.1) is 0 Å². The third-order valence-corrected chi connectivity index (χ3v) is 3.38. The van der Waals surface area contributed by atoms with E-state index in [1.165, 1.54) is 0 Å². The van der Waals surface area contributed by atoms with Gasteiger partial charge in [-0.25, -0.2) is 4.98 Å². The van der Waals surface area contributed by atoms with E-state index in [2.05, 4.69) is 36.3 Å². The Morgan fingerprint density at radius 1 is 1.44 bits per heavy atom.